The molecule has 0 N–H and O–H groups in total. The molecule has 0 spiro atoms. The molecule has 109 valence electrons. The van der Waals surface area contributed by atoms with Gasteiger partial charge in [-0.2, -0.15) is 0 Å². The van der Waals surface area contributed by atoms with Gasteiger partial charge in [-0.05, 0) is 34.7 Å². The standard InChI is InChI=1S/C21H19O/c1-16(22-2)19-14-9-15-20(17-10-5-3-6-11-17)21(19)18-12-7-4-8-13-18/h3-15H,1-2H3. The Kier molecular flexibility index (Phi) is 4.36. The van der Waals surface area contributed by atoms with Gasteiger partial charge in [0.1, 0.15) is 6.10 Å². The maximum atomic E-state index is 5.51. The smallest absolute Gasteiger partial charge is 0.123 e. The van der Waals surface area contributed by atoms with E-state index in [0.29, 0.717) is 0 Å². The first-order valence-electron chi connectivity index (χ1n) is 7.43. The summed E-state index contributed by atoms with van der Waals surface area (Å²) < 4.78 is 5.51. The second-order valence-corrected chi connectivity index (χ2v) is 5.22. The van der Waals surface area contributed by atoms with Crippen LogP contribution in [-0.2, 0) is 4.74 Å². The highest BCUT2D eigenvalue weighted by Gasteiger charge is 2.16. The van der Waals surface area contributed by atoms with Crippen LogP contribution in [0.25, 0.3) is 22.3 Å². The van der Waals surface area contributed by atoms with E-state index in [0.717, 1.165) is 11.7 Å². The van der Waals surface area contributed by atoms with Crippen LogP contribution in [0.1, 0.15) is 12.5 Å². The summed E-state index contributed by atoms with van der Waals surface area (Å²) in [4.78, 5) is 0. The molecule has 3 aromatic carbocycles. The molecule has 1 nitrogen and oxygen atoms in total. The molecule has 22 heavy (non-hydrogen) atoms. The van der Waals surface area contributed by atoms with Crippen molar-refractivity contribution in [3.05, 3.63) is 90.5 Å². The van der Waals surface area contributed by atoms with Crippen molar-refractivity contribution in [3.8, 4) is 22.3 Å². The topological polar surface area (TPSA) is 9.23 Å². The van der Waals surface area contributed by atoms with Crippen LogP contribution in [0.4, 0.5) is 0 Å². The van der Waals surface area contributed by atoms with Crippen molar-refractivity contribution in [3.63, 3.8) is 0 Å². The number of hydrogen-bond acceptors (Lipinski definition) is 1. The molecule has 0 amide bonds. The molecule has 0 aromatic heterocycles. The maximum Gasteiger partial charge on any atom is 0.123 e. The number of hydrogen-bond donors (Lipinski definition) is 0. The van der Waals surface area contributed by atoms with E-state index < -0.39 is 0 Å². The van der Waals surface area contributed by atoms with E-state index in [9.17, 15) is 0 Å². The predicted molar refractivity (Wildman–Crippen MR) is 92.3 cm³/mol. The van der Waals surface area contributed by atoms with Gasteiger partial charge < -0.3 is 4.74 Å². The third kappa shape index (κ3) is 2.81. The van der Waals surface area contributed by atoms with Gasteiger partial charge in [-0.1, -0.05) is 78.9 Å². The second-order valence-electron chi connectivity index (χ2n) is 5.22. The lowest BCUT2D eigenvalue weighted by Crippen LogP contribution is -2.01. The van der Waals surface area contributed by atoms with Crippen LogP contribution < -0.4 is 0 Å². The highest BCUT2D eigenvalue weighted by molar-refractivity contribution is 5.86. The summed E-state index contributed by atoms with van der Waals surface area (Å²) in [6.07, 6.45) is 0.927. The largest absolute Gasteiger partial charge is 0.370 e. The minimum atomic E-state index is 0.927. The number of ether oxygens (including phenoxy) is 1. The van der Waals surface area contributed by atoms with Gasteiger partial charge in [0.05, 0.1) is 0 Å². The fourth-order valence-electron chi connectivity index (χ4n) is 2.73. The van der Waals surface area contributed by atoms with Gasteiger partial charge in [0.25, 0.3) is 0 Å². The summed E-state index contributed by atoms with van der Waals surface area (Å²) in [5.41, 5.74) is 5.99. The van der Waals surface area contributed by atoms with E-state index in [1.54, 1.807) is 7.11 Å². The fourth-order valence-corrected chi connectivity index (χ4v) is 2.73. The molecule has 0 atom stereocenters. The Morgan fingerprint density at radius 2 is 1.27 bits per heavy atom. The van der Waals surface area contributed by atoms with Crippen LogP contribution in [0, 0.1) is 6.10 Å². The minimum Gasteiger partial charge on any atom is -0.370 e. The Morgan fingerprint density at radius 3 is 1.86 bits per heavy atom. The van der Waals surface area contributed by atoms with Gasteiger partial charge in [-0.25, -0.2) is 0 Å². The molecule has 3 rings (SSSR count). The van der Waals surface area contributed by atoms with Crippen molar-refractivity contribution in [2.75, 3.05) is 7.11 Å². The molecular weight excluding hydrogens is 268 g/mol. The van der Waals surface area contributed by atoms with Crippen molar-refractivity contribution >= 4 is 0 Å². The fraction of sp³-hybridized carbons (Fsp3) is 0.0952. The minimum absolute atomic E-state index is 0.927. The molecule has 0 aliphatic heterocycles. The molecule has 0 unspecified atom stereocenters. The van der Waals surface area contributed by atoms with Crippen molar-refractivity contribution < 1.29 is 4.74 Å². The molecule has 1 heteroatoms. The molecule has 1 radical (unpaired) electrons. The van der Waals surface area contributed by atoms with Gasteiger partial charge in [-0.15, -0.1) is 0 Å². The molecular formula is C21H19O. The van der Waals surface area contributed by atoms with Gasteiger partial charge in [-0.3, -0.25) is 0 Å². The van der Waals surface area contributed by atoms with Crippen LogP contribution in [0.3, 0.4) is 0 Å². The lowest BCUT2D eigenvalue weighted by molar-refractivity contribution is 0.236. The normalized spacial score (nSPS) is 10.9. The third-order valence-corrected chi connectivity index (χ3v) is 3.90. The molecule has 3 aromatic rings. The molecule has 0 aliphatic rings. The van der Waals surface area contributed by atoms with E-state index in [4.69, 9.17) is 4.74 Å². The first-order chi connectivity index (χ1) is 10.8. The Labute approximate surface area is 132 Å². The lowest BCUT2D eigenvalue weighted by Gasteiger charge is -2.18. The molecule has 0 saturated carbocycles. The summed E-state index contributed by atoms with van der Waals surface area (Å²) in [5.74, 6) is 0. The summed E-state index contributed by atoms with van der Waals surface area (Å²) >= 11 is 0. The average Bonchev–Trinajstić information content (AvgIpc) is 2.62. The Morgan fingerprint density at radius 1 is 0.682 bits per heavy atom. The highest BCUT2D eigenvalue weighted by atomic mass is 16.5. The zero-order valence-electron chi connectivity index (χ0n) is 12.9. The third-order valence-electron chi connectivity index (χ3n) is 3.90. The van der Waals surface area contributed by atoms with Crippen molar-refractivity contribution in [1.29, 1.82) is 0 Å². The van der Waals surface area contributed by atoms with Crippen molar-refractivity contribution in [1.82, 2.24) is 0 Å². The van der Waals surface area contributed by atoms with E-state index in [-0.39, 0.29) is 0 Å². The van der Waals surface area contributed by atoms with Gasteiger partial charge in [0.2, 0.25) is 0 Å². The Balaban J connectivity index is 2.27. The van der Waals surface area contributed by atoms with Gasteiger partial charge in [0.15, 0.2) is 0 Å². The highest BCUT2D eigenvalue weighted by Crippen LogP contribution is 2.37. The summed E-state index contributed by atoms with van der Waals surface area (Å²) in [6.45, 7) is 2.01. The summed E-state index contributed by atoms with van der Waals surface area (Å²) in [7, 11) is 1.72. The lowest BCUT2D eigenvalue weighted by atomic mass is 9.89. The van der Waals surface area contributed by atoms with Crippen LogP contribution in [0.2, 0.25) is 0 Å². The summed E-state index contributed by atoms with van der Waals surface area (Å²) in [6, 6.07) is 27.3. The van der Waals surface area contributed by atoms with E-state index >= 15 is 0 Å². The molecule has 0 bridgehead atoms. The van der Waals surface area contributed by atoms with Crippen LogP contribution in [0.15, 0.2) is 78.9 Å². The van der Waals surface area contributed by atoms with Gasteiger partial charge >= 0.3 is 0 Å². The maximum absolute atomic E-state index is 5.51. The van der Waals surface area contributed by atoms with Crippen LogP contribution in [0.5, 0.6) is 0 Å². The zero-order valence-corrected chi connectivity index (χ0v) is 12.9. The molecule has 0 saturated heterocycles. The SMILES string of the molecule is CO[C](C)c1cccc(-c2ccccc2)c1-c1ccccc1. The monoisotopic (exact) mass is 287 g/mol. The van der Waals surface area contributed by atoms with Crippen molar-refractivity contribution in [2.24, 2.45) is 0 Å². The van der Waals surface area contributed by atoms with Crippen LogP contribution >= 0.6 is 0 Å². The first kappa shape index (κ1) is 14.6. The quantitative estimate of drug-likeness (QED) is 0.609. The molecule has 0 heterocycles. The first-order valence-corrected chi connectivity index (χ1v) is 7.43. The molecule has 0 fully saturated rings. The Hall–Kier alpha value is -2.38. The number of benzene rings is 3. The van der Waals surface area contributed by atoms with E-state index in [1.165, 1.54) is 22.3 Å². The second kappa shape index (κ2) is 6.59. The number of methoxy groups -OCH3 is 1. The number of rotatable bonds is 4. The zero-order chi connectivity index (χ0) is 15.4. The Bertz CT molecular complexity index is 732. The van der Waals surface area contributed by atoms with Gasteiger partial charge in [0, 0.05) is 7.11 Å². The predicted octanol–water partition coefficient (Wildman–Crippen LogP) is 5.57. The summed E-state index contributed by atoms with van der Waals surface area (Å²) in [5, 5.41) is 0. The van der Waals surface area contributed by atoms with E-state index in [2.05, 4.69) is 66.7 Å². The van der Waals surface area contributed by atoms with Crippen LogP contribution in [-0.4, -0.2) is 7.11 Å². The average molecular weight is 287 g/mol. The van der Waals surface area contributed by atoms with E-state index in [1.807, 2.05) is 19.1 Å². The van der Waals surface area contributed by atoms with Crippen molar-refractivity contribution in [2.45, 2.75) is 6.92 Å². The molecule has 0 aliphatic carbocycles.